The number of carbonyl (C=O) groups is 1. The van der Waals surface area contributed by atoms with E-state index >= 15 is 0 Å². The van der Waals surface area contributed by atoms with Crippen LogP contribution in [0.3, 0.4) is 0 Å². The molecule has 1 aromatic heterocycles. The van der Waals surface area contributed by atoms with Gasteiger partial charge in [-0.05, 0) is 19.8 Å². The molecule has 1 amide bonds. The van der Waals surface area contributed by atoms with Gasteiger partial charge in [-0.15, -0.1) is 0 Å². The van der Waals surface area contributed by atoms with Crippen molar-refractivity contribution in [2.45, 2.75) is 25.8 Å². The molecule has 0 bridgehead atoms. The summed E-state index contributed by atoms with van der Waals surface area (Å²) in [5.74, 6) is -0.0119. The van der Waals surface area contributed by atoms with Crippen LogP contribution in [0.2, 0.25) is 0 Å². The van der Waals surface area contributed by atoms with Crippen molar-refractivity contribution in [3.63, 3.8) is 0 Å². The van der Waals surface area contributed by atoms with Crippen molar-refractivity contribution >= 4 is 5.91 Å². The van der Waals surface area contributed by atoms with Crippen molar-refractivity contribution in [2.75, 3.05) is 13.2 Å². The van der Waals surface area contributed by atoms with E-state index in [2.05, 4.69) is 5.10 Å². The number of aliphatic hydroxyl groups is 1. The van der Waals surface area contributed by atoms with Crippen molar-refractivity contribution in [3.8, 4) is 0 Å². The molecule has 0 spiro atoms. The summed E-state index contributed by atoms with van der Waals surface area (Å²) in [6.07, 6.45) is 3.46. The van der Waals surface area contributed by atoms with Gasteiger partial charge in [0, 0.05) is 19.3 Å². The normalized spacial score (nSPS) is 20.4. The van der Waals surface area contributed by atoms with E-state index in [-0.39, 0.29) is 18.6 Å². The average molecular weight is 223 g/mol. The van der Waals surface area contributed by atoms with E-state index in [4.69, 9.17) is 0 Å². The fourth-order valence-corrected chi connectivity index (χ4v) is 2.16. The van der Waals surface area contributed by atoms with Crippen molar-refractivity contribution in [1.29, 1.82) is 0 Å². The summed E-state index contributed by atoms with van der Waals surface area (Å²) >= 11 is 0. The quantitative estimate of drug-likeness (QED) is 0.785. The summed E-state index contributed by atoms with van der Waals surface area (Å²) in [7, 11) is 1.82. The van der Waals surface area contributed by atoms with Crippen molar-refractivity contribution < 1.29 is 9.90 Å². The Morgan fingerprint density at radius 2 is 2.44 bits per heavy atom. The number of carbonyl (C=O) groups excluding carboxylic acids is 1. The van der Waals surface area contributed by atoms with Crippen LogP contribution in [0.25, 0.3) is 0 Å². The lowest BCUT2D eigenvalue weighted by molar-refractivity contribution is 0.0677. The monoisotopic (exact) mass is 223 g/mol. The average Bonchev–Trinajstić information content (AvgIpc) is 2.86. The second-order valence-corrected chi connectivity index (χ2v) is 4.24. The largest absolute Gasteiger partial charge is 0.394 e. The molecule has 1 fully saturated rings. The molecule has 1 atom stereocenters. The summed E-state index contributed by atoms with van der Waals surface area (Å²) < 4.78 is 1.69. The van der Waals surface area contributed by atoms with Gasteiger partial charge in [-0.1, -0.05) is 0 Å². The summed E-state index contributed by atoms with van der Waals surface area (Å²) in [5.41, 5.74) is 1.51. The highest BCUT2D eigenvalue weighted by atomic mass is 16.3. The molecule has 1 aromatic rings. The molecule has 0 aliphatic carbocycles. The number of amides is 1. The van der Waals surface area contributed by atoms with Crippen molar-refractivity contribution in [3.05, 3.63) is 17.5 Å². The van der Waals surface area contributed by atoms with Crippen molar-refractivity contribution in [2.24, 2.45) is 7.05 Å². The molecule has 5 nitrogen and oxygen atoms in total. The van der Waals surface area contributed by atoms with E-state index in [1.54, 1.807) is 15.8 Å². The molecule has 1 aliphatic heterocycles. The van der Waals surface area contributed by atoms with Crippen LogP contribution in [0.15, 0.2) is 6.20 Å². The highest BCUT2D eigenvalue weighted by Gasteiger charge is 2.30. The zero-order valence-corrected chi connectivity index (χ0v) is 9.68. The molecular formula is C11H17N3O2. The highest BCUT2D eigenvalue weighted by Crippen LogP contribution is 2.20. The maximum Gasteiger partial charge on any atom is 0.257 e. The standard InChI is InChI=1S/C11H17N3O2/c1-8-10(6-12-13(8)2)11(16)14-5-3-4-9(14)7-15/h6,9,15H,3-5,7H2,1-2H3/t9-/m1/s1. The number of aromatic nitrogens is 2. The number of hydrogen-bond acceptors (Lipinski definition) is 3. The van der Waals surface area contributed by atoms with Crippen LogP contribution in [0.4, 0.5) is 0 Å². The van der Waals surface area contributed by atoms with Gasteiger partial charge >= 0.3 is 0 Å². The smallest absolute Gasteiger partial charge is 0.257 e. The topological polar surface area (TPSA) is 58.4 Å². The van der Waals surface area contributed by atoms with E-state index in [1.165, 1.54) is 0 Å². The van der Waals surface area contributed by atoms with Crippen LogP contribution in [-0.2, 0) is 7.05 Å². The molecule has 88 valence electrons. The number of aliphatic hydroxyl groups excluding tert-OH is 1. The molecule has 5 heteroatoms. The maximum atomic E-state index is 12.2. The molecule has 0 unspecified atom stereocenters. The highest BCUT2D eigenvalue weighted by molar-refractivity contribution is 5.95. The van der Waals surface area contributed by atoms with Crippen LogP contribution in [0, 0.1) is 6.92 Å². The third-order valence-electron chi connectivity index (χ3n) is 3.31. The first-order valence-corrected chi connectivity index (χ1v) is 5.55. The molecule has 1 N–H and O–H groups in total. The molecule has 1 saturated heterocycles. The predicted octanol–water partition coefficient (Wildman–Crippen LogP) is 0.325. The summed E-state index contributed by atoms with van der Waals surface area (Å²) in [5, 5.41) is 13.3. The van der Waals surface area contributed by atoms with E-state index in [1.807, 2.05) is 14.0 Å². The molecule has 0 saturated carbocycles. The molecule has 1 aliphatic rings. The Bertz CT molecular complexity index is 400. The first-order valence-electron chi connectivity index (χ1n) is 5.55. The number of aryl methyl sites for hydroxylation is 1. The number of nitrogens with zero attached hydrogens (tertiary/aromatic N) is 3. The van der Waals surface area contributed by atoms with E-state index in [0.717, 1.165) is 25.1 Å². The fraction of sp³-hybridized carbons (Fsp3) is 0.636. The molecule has 2 heterocycles. The van der Waals surface area contributed by atoms with Gasteiger partial charge in [-0.3, -0.25) is 9.48 Å². The lowest BCUT2D eigenvalue weighted by atomic mass is 10.2. The third-order valence-corrected chi connectivity index (χ3v) is 3.31. The summed E-state index contributed by atoms with van der Waals surface area (Å²) in [6.45, 7) is 2.66. The molecule has 16 heavy (non-hydrogen) atoms. The Labute approximate surface area is 94.7 Å². The van der Waals surface area contributed by atoms with Gasteiger partial charge < -0.3 is 10.0 Å². The summed E-state index contributed by atoms with van der Waals surface area (Å²) in [6, 6.07) is -0.0212. The molecule has 0 radical (unpaired) electrons. The van der Waals surface area contributed by atoms with Gasteiger partial charge in [0.25, 0.3) is 5.91 Å². The van der Waals surface area contributed by atoms with Crippen LogP contribution in [-0.4, -0.2) is 44.9 Å². The minimum atomic E-state index is -0.0212. The zero-order chi connectivity index (χ0) is 11.7. The maximum absolute atomic E-state index is 12.2. The Hall–Kier alpha value is -1.36. The molecular weight excluding hydrogens is 206 g/mol. The number of hydrogen-bond donors (Lipinski definition) is 1. The van der Waals surface area contributed by atoms with Crippen molar-refractivity contribution in [1.82, 2.24) is 14.7 Å². The summed E-state index contributed by atoms with van der Waals surface area (Å²) in [4.78, 5) is 14.0. The first-order chi connectivity index (χ1) is 7.65. The Morgan fingerprint density at radius 3 is 3.00 bits per heavy atom. The van der Waals surface area contributed by atoms with Gasteiger partial charge in [-0.2, -0.15) is 5.10 Å². The van der Waals surface area contributed by atoms with Crippen LogP contribution < -0.4 is 0 Å². The number of likely N-dealkylation sites (tertiary alicyclic amines) is 1. The lowest BCUT2D eigenvalue weighted by Gasteiger charge is -2.22. The van der Waals surface area contributed by atoms with Gasteiger partial charge in [-0.25, -0.2) is 0 Å². The first kappa shape index (κ1) is 11.1. The van der Waals surface area contributed by atoms with Gasteiger partial charge in [0.05, 0.1) is 24.4 Å². The Kier molecular flexibility index (Phi) is 2.96. The zero-order valence-electron chi connectivity index (χ0n) is 9.68. The Balaban J connectivity index is 2.22. The minimum Gasteiger partial charge on any atom is -0.394 e. The number of rotatable bonds is 2. The second-order valence-electron chi connectivity index (χ2n) is 4.24. The molecule has 0 aromatic carbocycles. The van der Waals surface area contributed by atoms with E-state index in [9.17, 15) is 9.90 Å². The van der Waals surface area contributed by atoms with Crippen LogP contribution in [0.5, 0.6) is 0 Å². The second kappa shape index (κ2) is 4.25. The van der Waals surface area contributed by atoms with Crippen LogP contribution in [0.1, 0.15) is 28.9 Å². The SMILES string of the molecule is Cc1c(C(=O)N2CCC[C@@H]2CO)cnn1C. The fourth-order valence-electron chi connectivity index (χ4n) is 2.16. The lowest BCUT2D eigenvalue weighted by Crippen LogP contribution is -2.37. The van der Waals surface area contributed by atoms with Crippen LogP contribution >= 0.6 is 0 Å². The van der Waals surface area contributed by atoms with E-state index < -0.39 is 0 Å². The minimum absolute atomic E-state index is 0.0119. The van der Waals surface area contributed by atoms with Gasteiger partial charge in [0.1, 0.15) is 0 Å². The molecule has 2 rings (SSSR count). The van der Waals surface area contributed by atoms with E-state index in [0.29, 0.717) is 5.56 Å². The van der Waals surface area contributed by atoms with Gasteiger partial charge in [0.15, 0.2) is 0 Å². The van der Waals surface area contributed by atoms with Gasteiger partial charge in [0.2, 0.25) is 0 Å². The predicted molar refractivity (Wildman–Crippen MR) is 59.1 cm³/mol. The third kappa shape index (κ3) is 1.71. The Morgan fingerprint density at radius 1 is 1.69 bits per heavy atom.